The van der Waals surface area contributed by atoms with Gasteiger partial charge in [0.2, 0.25) is 0 Å². The van der Waals surface area contributed by atoms with Gasteiger partial charge in [0.15, 0.2) is 0 Å². The Kier molecular flexibility index (Phi) is 7.04. The molecule has 28 heavy (non-hydrogen) atoms. The average Bonchev–Trinajstić information content (AvgIpc) is 2.90. The van der Waals surface area contributed by atoms with E-state index in [1.807, 2.05) is 36.4 Å². The number of hydrogen-bond acceptors (Lipinski definition) is 4. The van der Waals surface area contributed by atoms with Crippen LogP contribution in [-0.2, 0) is 11.4 Å². The van der Waals surface area contributed by atoms with Crippen LogP contribution in [0, 0.1) is 0 Å². The second-order valence-electron chi connectivity index (χ2n) is 5.77. The highest BCUT2D eigenvalue weighted by atomic mass is 79.9. The fourth-order valence-electron chi connectivity index (χ4n) is 2.50. The molecule has 8 heteroatoms. The van der Waals surface area contributed by atoms with Crippen molar-refractivity contribution in [2.75, 3.05) is 6.54 Å². The molecule has 0 aromatic heterocycles. The Bertz CT molecular complexity index is 970. The van der Waals surface area contributed by atoms with E-state index in [1.165, 1.54) is 6.08 Å². The standard InChI is InChI=1S/C20H14Br2ClNO3S/c1-2-7-24-19(25)17(28-20(24)26)10-12-8-14(21)18(15(22)9-12)27-11-13-5-3-4-6-16(13)23/h2-6,8-10H,1,7,11H2/b17-10+. The normalized spacial score (nSPS) is 15.4. The largest absolute Gasteiger partial charge is 0.486 e. The molecule has 2 amide bonds. The summed E-state index contributed by atoms with van der Waals surface area (Å²) in [5.41, 5.74) is 1.64. The first-order valence-corrected chi connectivity index (χ1v) is 10.9. The average molecular weight is 544 g/mol. The molecule has 0 unspecified atom stereocenters. The van der Waals surface area contributed by atoms with E-state index < -0.39 is 0 Å². The van der Waals surface area contributed by atoms with Gasteiger partial charge in [-0.15, -0.1) is 6.58 Å². The molecule has 0 saturated carbocycles. The third-order valence-corrected chi connectivity index (χ3v) is 6.29. The number of benzene rings is 2. The summed E-state index contributed by atoms with van der Waals surface area (Å²) in [4.78, 5) is 25.8. The van der Waals surface area contributed by atoms with Crippen LogP contribution in [0.5, 0.6) is 5.75 Å². The number of halogens is 3. The molecule has 1 fully saturated rings. The molecule has 1 aliphatic heterocycles. The molecule has 2 aromatic rings. The SMILES string of the molecule is C=CCN1C(=O)S/C(=C/c2cc(Br)c(OCc3ccccc3Cl)c(Br)c2)C1=O. The second-order valence-corrected chi connectivity index (χ2v) is 8.88. The number of carbonyl (C=O) groups excluding carboxylic acids is 2. The van der Waals surface area contributed by atoms with Crippen LogP contribution in [0.2, 0.25) is 5.02 Å². The van der Waals surface area contributed by atoms with Crippen molar-refractivity contribution in [3.63, 3.8) is 0 Å². The Balaban J connectivity index is 1.80. The van der Waals surface area contributed by atoms with Crippen LogP contribution in [0.1, 0.15) is 11.1 Å². The number of amides is 2. The minimum absolute atomic E-state index is 0.199. The van der Waals surface area contributed by atoms with Gasteiger partial charge in [-0.3, -0.25) is 14.5 Å². The van der Waals surface area contributed by atoms with Crippen LogP contribution < -0.4 is 4.74 Å². The zero-order valence-electron chi connectivity index (χ0n) is 14.5. The summed E-state index contributed by atoms with van der Waals surface area (Å²) < 4.78 is 7.33. The van der Waals surface area contributed by atoms with Crippen LogP contribution in [0.25, 0.3) is 6.08 Å². The summed E-state index contributed by atoms with van der Waals surface area (Å²) in [5.74, 6) is 0.304. The molecule has 0 N–H and O–H groups in total. The molecule has 0 aliphatic carbocycles. The number of thioether (sulfide) groups is 1. The molecule has 0 spiro atoms. The van der Waals surface area contributed by atoms with Crippen molar-refractivity contribution in [1.29, 1.82) is 0 Å². The van der Waals surface area contributed by atoms with Crippen LogP contribution in [0.4, 0.5) is 4.79 Å². The summed E-state index contributed by atoms with van der Waals surface area (Å²) in [6.45, 7) is 4.09. The van der Waals surface area contributed by atoms with Gasteiger partial charge in [-0.25, -0.2) is 0 Å². The molecule has 4 nitrogen and oxygen atoms in total. The van der Waals surface area contributed by atoms with Crippen molar-refractivity contribution in [2.24, 2.45) is 0 Å². The quantitative estimate of drug-likeness (QED) is 0.302. The molecule has 1 aliphatic rings. The molecule has 2 aromatic carbocycles. The lowest BCUT2D eigenvalue weighted by Crippen LogP contribution is -2.27. The maximum Gasteiger partial charge on any atom is 0.293 e. The van der Waals surface area contributed by atoms with Gasteiger partial charge < -0.3 is 4.74 Å². The number of nitrogens with zero attached hydrogens (tertiary/aromatic N) is 1. The first kappa shape index (κ1) is 21.2. The molecule has 3 rings (SSSR count). The topological polar surface area (TPSA) is 46.6 Å². The van der Waals surface area contributed by atoms with Crippen molar-refractivity contribution in [3.8, 4) is 5.75 Å². The maximum atomic E-state index is 12.3. The van der Waals surface area contributed by atoms with Crippen molar-refractivity contribution >= 4 is 72.4 Å². The molecular weight excluding hydrogens is 530 g/mol. The molecule has 0 bridgehead atoms. The summed E-state index contributed by atoms with van der Waals surface area (Å²) in [6, 6.07) is 11.1. The minimum atomic E-state index is -0.318. The molecular formula is C20H14Br2ClNO3S. The van der Waals surface area contributed by atoms with E-state index in [-0.39, 0.29) is 17.7 Å². The lowest BCUT2D eigenvalue weighted by Gasteiger charge is -2.12. The van der Waals surface area contributed by atoms with E-state index in [2.05, 4.69) is 38.4 Å². The van der Waals surface area contributed by atoms with E-state index in [0.29, 0.717) is 31.2 Å². The molecule has 1 saturated heterocycles. The van der Waals surface area contributed by atoms with Gasteiger partial charge in [0, 0.05) is 17.1 Å². The molecule has 1 heterocycles. The third-order valence-electron chi connectivity index (χ3n) is 3.83. The summed E-state index contributed by atoms with van der Waals surface area (Å²) in [5, 5.41) is 0.343. The van der Waals surface area contributed by atoms with Gasteiger partial charge >= 0.3 is 0 Å². The lowest BCUT2D eigenvalue weighted by molar-refractivity contribution is -0.122. The first-order chi connectivity index (χ1) is 13.4. The summed E-state index contributed by atoms with van der Waals surface area (Å²) in [6.07, 6.45) is 3.21. The highest BCUT2D eigenvalue weighted by Crippen LogP contribution is 2.38. The van der Waals surface area contributed by atoms with Gasteiger partial charge in [0.1, 0.15) is 12.4 Å². The van der Waals surface area contributed by atoms with E-state index >= 15 is 0 Å². The third kappa shape index (κ3) is 4.71. The number of imide groups is 1. The van der Waals surface area contributed by atoms with Gasteiger partial charge in [-0.1, -0.05) is 35.9 Å². The second kappa shape index (κ2) is 9.31. The minimum Gasteiger partial charge on any atom is -0.486 e. The van der Waals surface area contributed by atoms with Gasteiger partial charge in [0.25, 0.3) is 11.1 Å². The van der Waals surface area contributed by atoms with E-state index in [0.717, 1.165) is 27.8 Å². The Morgan fingerprint density at radius 3 is 2.50 bits per heavy atom. The van der Waals surface area contributed by atoms with Crippen molar-refractivity contribution < 1.29 is 14.3 Å². The zero-order valence-corrected chi connectivity index (χ0v) is 19.2. The van der Waals surface area contributed by atoms with Gasteiger partial charge in [-0.05, 0) is 73.5 Å². The van der Waals surface area contributed by atoms with Gasteiger partial charge in [0.05, 0.1) is 13.9 Å². The summed E-state index contributed by atoms with van der Waals surface area (Å²) in [7, 11) is 0. The van der Waals surface area contributed by atoms with Crippen LogP contribution in [0.15, 0.2) is 62.9 Å². The van der Waals surface area contributed by atoms with Crippen LogP contribution in [-0.4, -0.2) is 22.6 Å². The molecule has 0 atom stereocenters. The van der Waals surface area contributed by atoms with E-state index in [1.54, 1.807) is 6.08 Å². The Morgan fingerprint density at radius 2 is 1.86 bits per heavy atom. The smallest absolute Gasteiger partial charge is 0.293 e. The number of hydrogen-bond donors (Lipinski definition) is 0. The van der Waals surface area contributed by atoms with E-state index in [4.69, 9.17) is 16.3 Å². The fourth-order valence-corrected chi connectivity index (χ4v) is 4.99. The Morgan fingerprint density at radius 1 is 1.18 bits per heavy atom. The van der Waals surface area contributed by atoms with Crippen molar-refractivity contribution in [1.82, 2.24) is 4.90 Å². The maximum absolute atomic E-state index is 12.3. The van der Waals surface area contributed by atoms with Crippen molar-refractivity contribution in [2.45, 2.75) is 6.61 Å². The number of carbonyl (C=O) groups is 2. The predicted molar refractivity (Wildman–Crippen MR) is 121 cm³/mol. The number of ether oxygens (including phenoxy) is 1. The summed E-state index contributed by atoms with van der Waals surface area (Å²) >= 11 is 14.1. The lowest BCUT2D eigenvalue weighted by atomic mass is 10.2. The van der Waals surface area contributed by atoms with E-state index in [9.17, 15) is 9.59 Å². The van der Waals surface area contributed by atoms with Crippen LogP contribution >= 0.6 is 55.2 Å². The predicted octanol–water partition coefficient (Wildman–Crippen LogP) is 6.67. The zero-order chi connectivity index (χ0) is 20.3. The monoisotopic (exact) mass is 541 g/mol. The highest BCUT2D eigenvalue weighted by Gasteiger charge is 2.34. The Hall–Kier alpha value is -1.54. The number of rotatable bonds is 6. The van der Waals surface area contributed by atoms with Crippen LogP contribution in [0.3, 0.4) is 0 Å². The van der Waals surface area contributed by atoms with Gasteiger partial charge in [-0.2, -0.15) is 0 Å². The first-order valence-electron chi connectivity index (χ1n) is 8.12. The van der Waals surface area contributed by atoms with Crippen molar-refractivity contribution in [3.05, 3.63) is 79.1 Å². The highest BCUT2D eigenvalue weighted by molar-refractivity contribution is 9.11. The fraction of sp³-hybridized carbons (Fsp3) is 0.100. The Labute approximate surface area is 188 Å². The molecule has 0 radical (unpaired) electrons. The molecule has 144 valence electrons.